The van der Waals surface area contributed by atoms with Crippen molar-refractivity contribution in [2.75, 3.05) is 13.2 Å². The van der Waals surface area contributed by atoms with Crippen LogP contribution in [0, 0.1) is 0 Å². The molecule has 0 fully saturated rings. The van der Waals surface area contributed by atoms with E-state index < -0.39 is 23.8 Å². The van der Waals surface area contributed by atoms with E-state index in [4.69, 9.17) is 20.9 Å². The van der Waals surface area contributed by atoms with Gasteiger partial charge in [0.25, 0.3) is 0 Å². The first kappa shape index (κ1) is 18.7. The van der Waals surface area contributed by atoms with Crippen LogP contribution in [0.2, 0.25) is 0 Å². The Bertz CT molecular complexity index is 775. The van der Waals surface area contributed by atoms with E-state index in [1.54, 1.807) is 36.4 Å². The zero-order chi connectivity index (χ0) is 19.1. The average molecular weight is 356 g/mol. The molecule has 8 nitrogen and oxygen atoms in total. The topological polar surface area (TPSA) is 139 Å². The van der Waals surface area contributed by atoms with Crippen molar-refractivity contribution in [1.82, 2.24) is 0 Å². The number of primary amides is 2. The summed E-state index contributed by atoms with van der Waals surface area (Å²) >= 11 is 0. The Balaban J connectivity index is 0.000000190. The van der Waals surface area contributed by atoms with Gasteiger partial charge in [-0.15, -0.1) is 0 Å². The second kappa shape index (κ2) is 8.43. The molecule has 0 radical (unpaired) electrons. The van der Waals surface area contributed by atoms with Crippen molar-refractivity contribution in [2.45, 2.75) is 0 Å². The van der Waals surface area contributed by atoms with Crippen LogP contribution in [0.4, 0.5) is 0 Å². The summed E-state index contributed by atoms with van der Waals surface area (Å²) in [6, 6.07) is 12.3. The molecule has 0 saturated carbocycles. The number of rotatable bonds is 2. The van der Waals surface area contributed by atoms with Gasteiger partial charge in [0.2, 0.25) is 11.8 Å². The van der Waals surface area contributed by atoms with Crippen molar-refractivity contribution in [3.63, 3.8) is 0 Å². The number of benzene rings is 2. The van der Waals surface area contributed by atoms with Crippen LogP contribution >= 0.6 is 0 Å². The molecule has 2 aliphatic rings. The van der Waals surface area contributed by atoms with Crippen LogP contribution < -0.4 is 11.5 Å². The Morgan fingerprint density at radius 2 is 1.04 bits per heavy atom. The van der Waals surface area contributed by atoms with Crippen LogP contribution in [-0.2, 0) is 9.47 Å². The standard InChI is InChI=1S/C10H8O4.C8H8N2O2/c11-9-7-1-2-8(4-3-7)10(12)14-6-5-13-9;9-7(11)5-3-1-2-4-6(5)8(10)12/h1-4H,5-6H2;1-4H,(H2,9,11)(H2,10,12). The zero-order valence-electron chi connectivity index (χ0n) is 13.6. The summed E-state index contributed by atoms with van der Waals surface area (Å²) in [7, 11) is 0. The molecule has 26 heavy (non-hydrogen) atoms. The number of ether oxygens (including phenoxy) is 2. The number of fused-ring (bicyclic) bond motifs is 7. The third-order valence-electron chi connectivity index (χ3n) is 3.36. The lowest BCUT2D eigenvalue weighted by Gasteiger charge is -2.09. The number of esters is 2. The van der Waals surface area contributed by atoms with Crippen LogP contribution in [-0.4, -0.2) is 37.0 Å². The maximum atomic E-state index is 11.3. The summed E-state index contributed by atoms with van der Waals surface area (Å²) in [5, 5.41) is 0. The maximum Gasteiger partial charge on any atom is 0.338 e. The minimum atomic E-state index is -0.649. The molecular weight excluding hydrogens is 340 g/mol. The SMILES string of the molecule is NC(=O)c1ccccc1C(N)=O.O=C1OCCOC(=O)c2ccc1cc2. The lowest BCUT2D eigenvalue weighted by atomic mass is 10.1. The lowest BCUT2D eigenvalue weighted by molar-refractivity contribution is 0.0260. The fourth-order valence-electron chi connectivity index (χ4n) is 2.09. The normalized spacial score (nSPS) is 12.9. The number of carbonyl (C=O) groups is 4. The van der Waals surface area contributed by atoms with E-state index >= 15 is 0 Å². The van der Waals surface area contributed by atoms with Crippen LogP contribution in [0.3, 0.4) is 0 Å². The second-order valence-corrected chi connectivity index (χ2v) is 5.12. The minimum absolute atomic E-state index is 0.100. The van der Waals surface area contributed by atoms with Gasteiger partial charge in [0.1, 0.15) is 13.2 Å². The molecule has 2 amide bonds. The van der Waals surface area contributed by atoms with E-state index in [0.29, 0.717) is 11.1 Å². The zero-order valence-corrected chi connectivity index (χ0v) is 13.6. The van der Waals surface area contributed by atoms with Crippen LogP contribution in [0.25, 0.3) is 0 Å². The monoisotopic (exact) mass is 356 g/mol. The number of amides is 2. The van der Waals surface area contributed by atoms with Crippen molar-refractivity contribution in [3.8, 4) is 0 Å². The number of carbonyl (C=O) groups excluding carboxylic acids is 4. The highest BCUT2D eigenvalue weighted by atomic mass is 16.6. The molecule has 134 valence electrons. The van der Waals surface area contributed by atoms with Gasteiger partial charge in [0, 0.05) is 0 Å². The first-order valence-corrected chi connectivity index (χ1v) is 7.53. The molecule has 0 aliphatic carbocycles. The summed E-state index contributed by atoms with van der Waals surface area (Å²) in [4.78, 5) is 44.0. The minimum Gasteiger partial charge on any atom is -0.458 e. The predicted octanol–water partition coefficient (Wildman–Crippen LogP) is 0.898. The first-order chi connectivity index (χ1) is 12.4. The van der Waals surface area contributed by atoms with Crippen molar-refractivity contribution >= 4 is 23.8 Å². The van der Waals surface area contributed by atoms with Crippen molar-refractivity contribution in [2.24, 2.45) is 11.5 Å². The highest BCUT2D eigenvalue weighted by Gasteiger charge is 2.13. The van der Waals surface area contributed by atoms with Gasteiger partial charge in [0.05, 0.1) is 22.3 Å². The molecule has 4 N–H and O–H groups in total. The van der Waals surface area contributed by atoms with Gasteiger partial charge in [0.15, 0.2) is 0 Å². The van der Waals surface area contributed by atoms with Crippen LogP contribution in [0.1, 0.15) is 41.4 Å². The molecule has 2 aliphatic heterocycles. The van der Waals surface area contributed by atoms with E-state index in [1.165, 1.54) is 12.1 Å². The van der Waals surface area contributed by atoms with E-state index in [1.807, 2.05) is 0 Å². The lowest BCUT2D eigenvalue weighted by Crippen LogP contribution is -2.20. The van der Waals surface area contributed by atoms with Crippen LogP contribution in [0.5, 0.6) is 0 Å². The predicted molar refractivity (Wildman–Crippen MR) is 90.5 cm³/mol. The molecule has 0 saturated heterocycles. The summed E-state index contributed by atoms with van der Waals surface area (Å²) in [5.41, 5.74) is 11.2. The summed E-state index contributed by atoms with van der Waals surface area (Å²) in [6.07, 6.45) is 0. The fourth-order valence-corrected chi connectivity index (χ4v) is 2.09. The fraction of sp³-hybridized carbons (Fsp3) is 0.111. The van der Waals surface area contributed by atoms with Crippen molar-refractivity contribution in [3.05, 3.63) is 70.8 Å². The highest BCUT2D eigenvalue weighted by Crippen LogP contribution is 2.09. The van der Waals surface area contributed by atoms with Gasteiger partial charge in [-0.2, -0.15) is 0 Å². The molecule has 2 aromatic carbocycles. The number of hydrogen-bond acceptors (Lipinski definition) is 6. The number of hydrogen-bond donors (Lipinski definition) is 2. The molecule has 8 heteroatoms. The largest absolute Gasteiger partial charge is 0.458 e. The van der Waals surface area contributed by atoms with Gasteiger partial charge in [-0.1, -0.05) is 12.1 Å². The Morgan fingerprint density at radius 1 is 0.692 bits per heavy atom. The quantitative estimate of drug-likeness (QED) is 0.766. The van der Waals surface area contributed by atoms with E-state index in [9.17, 15) is 19.2 Å². The average Bonchev–Trinajstić information content (AvgIpc) is 2.65. The molecule has 2 heterocycles. The summed E-state index contributed by atoms with van der Waals surface area (Å²) in [6.45, 7) is 0.200. The molecule has 2 bridgehead atoms. The third kappa shape index (κ3) is 4.67. The smallest absolute Gasteiger partial charge is 0.338 e. The van der Waals surface area contributed by atoms with Crippen LogP contribution in [0.15, 0.2) is 48.5 Å². The summed E-state index contributed by atoms with van der Waals surface area (Å²) in [5.74, 6) is -2.09. The third-order valence-corrected chi connectivity index (χ3v) is 3.36. The van der Waals surface area contributed by atoms with Crippen molar-refractivity contribution in [1.29, 1.82) is 0 Å². The van der Waals surface area contributed by atoms with Gasteiger partial charge in [-0.25, -0.2) is 9.59 Å². The molecule has 0 atom stereocenters. The molecule has 0 spiro atoms. The van der Waals surface area contributed by atoms with Gasteiger partial charge < -0.3 is 20.9 Å². The van der Waals surface area contributed by atoms with Gasteiger partial charge in [-0.05, 0) is 36.4 Å². The molecule has 4 rings (SSSR count). The Morgan fingerprint density at radius 3 is 1.35 bits per heavy atom. The molecule has 0 unspecified atom stereocenters. The van der Waals surface area contributed by atoms with Crippen molar-refractivity contribution < 1.29 is 28.7 Å². The Labute approximate surface area is 148 Å². The maximum absolute atomic E-state index is 11.3. The highest BCUT2D eigenvalue weighted by molar-refractivity contribution is 6.06. The van der Waals surface area contributed by atoms with E-state index in [0.717, 1.165) is 0 Å². The molecular formula is C18H16N2O6. The first-order valence-electron chi connectivity index (χ1n) is 7.53. The van der Waals surface area contributed by atoms with Gasteiger partial charge >= 0.3 is 11.9 Å². The van der Waals surface area contributed by atoms with Gasteiger partial charge in [-0.3, -0.25) is 9.59 Å². The van der Waals surface area contributed by atoms with E-state index in [-0.39, 0.29) is 24.3 Å². The Kier molecular flexibility index (Phi) is 6.05. The Hall–Kier alpha value is -3.68. The molecule has 2 aromatic rings. The number of nitrogens with two attached hydrogens (primary N) is 2. The van der Waals surface area contributed by atoms with E-state index in [2.05, 4.69) is 0 Å². The second-order valence-electron chi connectivity index (χ2n) is 5.12. The molecule has 0 aromatic heterocycles. The summed E-state index contributed by atoms with van der Waals surface area (Å²) < 4.78 is 9.66.